The molecule has 1 aliphatic carbocycles. The van der Waals surface area contributed by atoms with Crippen LogP contribution in [0.15, 0.2) is 36.4 Å². The normalized spacial score (nSPS) is 18.4. The Kier molecular flexibility index (Phi) is 10.7. The molecule has 0 bridgehead atoms. The Balaban J connectivity index is 1.51. The summed E-state index contributed by atoms with van der Waals surface area (Å²) in [6.07, 6.45) is 15.4. The molecule has 1 fully saturated rings. The van der Waals surface area contributed by atoms with Crippen molar-refractivity contribution in [1.29, 1.82) is 0 Å². The van der Waals surface area contributed by atoms with Crippen LogP contribution in [0.1, 0.15) is 96.5 Å². The monoisotopic (exact) mass is 456 g/mol. The van der Waals surface area contributed by atoms with E-state index in [9.17, 15) is 8.78 Å². The molecule has 1 saturated carbocycles. The molecule has 0 atom stereocenters. The Bertz CT molecular complexity index is 822. The van der Waals surface area contributed by atoms with Crippen LogP contribution in [0.3, 0.4) is 0 Å². The summed E-state index contributed by atoms with van der Waals surface area (Å²) in [6, 6.07) is 10.8. The quantitative estimate of drug-likeness (QED) is 0.273. The lowest BCUT2D eigenvalue weighted by molar-refractivity contribution is 0.248. The zero-order valence-corrected chi connectivity index (χ0v) is 20.7. The van der Waals surface area contributed by atoms with Crippen molar-refractivity contribution in [3.63, 3.8) is 0 Å². The molecule has 0 amide bonds. The highest BCUT2D eigenvalue weighted by molar-refractivity contribution is 5.65. The van der Waals surface area contributed by atoms with Crippen LogP contribution in [0.25, 0.3) is 11.1 Å². The predicted molar refractivity (Wildman–Crippen MR) is 135 cm³/mol. The standard InChI is InChI=1S/C30H42F2O/c1-3-5-7-9-23-10-12-24(13-11-23)14-15-26-18-21-28(30(32)29(26)31)25-16-19-27(20-17-25)33-22-8-6-4-2/h16-21,23-24H,3-15,22H2,1-2H3/t23-,24-. The molecule has 1 nitrogen and oxygen atoms in total. The van der Waals surface area contributed by atoms with Crippen molar-refractivity contribution >= 4 is 0 Å². The fourth-order valence-electron chi connectivity index (χ4n) is 5.13. The Hall–Kier alpha value is -1.90. The second-order valence-corrected chi connectivity index (χ2v) is 9.90. The molecule has 2 aromatic carbocycles. The van der Waals surface area contributed by atoms with Gasteiger partial charge in [0.2, 0.25) is 0 Å². The third kappa shape index (κ3) is 7.83. The van der Waals surface area contributed by atoms with E-state index in [0.717, 1.165) is 37.4 Å². The highest BCUT2D eigenvalue weighted by Crippen LogP contribution is 2.35. The summed E-state index contributed by atoms with van der Waals surface area (Å²) in [5, 5.41) is 0. The highest BCUT2D eigenvalue weighted by Gasteiger charge is 2.22. The van der Waals surface area contributed by atoms with Gasteiger partial charge in [0, 0.05) is 5.56 Å². The number of hydrogen-bond donors (Lipinski definition) is 0. The number of aryl methyl sites for hydroxylation is 1. The van der Waals surface area contributed by atoms with E-state index in [-0.39, 0.29) is 0 Å². The molecular formula is C30H42F2O. The fraction of sp³-hybridized carbons (Fsp3) is 0.600. The first-order valence-electron chi connectivity index (χ1n) is 13.3. The van der Waals surface area contributed by atoms with Gasteiger partial charge in [-0.2, -0.15) is 0 Å². The van der Waals surface area contributed by atoms with E-state index in [0.29, 0.717) is 35.6 Å². The van der Waals surface area contributed by atoms with E-state index in [4.69, 9.17) is 4.74 Å². The van der Waals surface area contributed by atoms with E-state index in [1.807, 2.05) is 24.3 Å². The van der Waals surface area contributed by atoms with Crippen molar-refractivity contribution in [2.45, 2.75) is 97.3 Å². The van der Waals surface area contributed by atoms with Gasteiger partial charge in [-0.05, 0) is 54.4 Å². The van der Waals surface area contributed by atoms with E-state index in [2.05, 4.69) is 13.8 Å². The molecule has 2 aromatic rings. The van der Waals surface area contributed by atoms with Crippen molar-refractivity contribution < 1.29 is 13.5 Å². The maximum Gasteiger partial charge on any atom is 0.166 e. The van der Waals surface area contributed by atoms with Gasteiger partial charge in [0.25, 0.3) is 0 Å². The summed E-state index contributed by atoms with van der Waals surface area (Å²) in [5.41, 5.74) is 1.51. The Morgan fingerprint density at radius 1 is 0.727 bits per heavy atom. The first kappa shape index (κ1) is 25.7. The van der Waals surface area contributed by atoms with Crippen LogP contribution >= 0.6 is 0 Å². The van der Waals surface area contributed by atoms with Crippen LogP contribution in [0, 0.1) is 23.5 Å². The van der Waals surface area contributed by atoms with E-state index in [1.165, 1.54) is 51.4 Å². The Morgan fingerprint density at radius 3 is 2.03 bits per heavy atom. The summed E-state index contributed by atoms with van der Waals surface area (Å²) >= 11 is 0. The number of benzene rings is 2. The van der Waals surface area contributed by atoms with Crippen molar-refractivity contribution in [2.24, 2.45) is 11.8 Å². The van der Waals surface area contributed by atoms with Gasteiger partial charge in [0.1, 0.15) is 5.75 Å². The average molecular weight is 457 g/mol. The van der Waals surface area contributed by atoms with Crippen LogP contribution in [-0.4, -0.2) is 6.61 Å². The molecule has 3 rings (SSSR count). The van der Waals surface area contributed by atoms with Crippen LogP contribution < -0.4 is 4.74 Å². The predicted octanol–water partition coefficient (Wildman–Crippen LogP) is 9.52. The topological polar surface area (TPSA) is 9.23 Å². The minimum absolute atomic E-state index is 0.321. The van der Waals surface area contributed by atoms with Gasteiger partial charge in [-0.25, -0.2) is 8.78 Å². The maximum absolute atomic E-state index is 14.9. The second-order valence-electron chi connectivity index (χ2n) is 9.90. The lowest BCUT2D eigenvalue weighted by Crippen LogP contribution is -2.15. The van der Waals surface area contributed by atoms with Crippen molar-refractivity contribution in [1.82, 2.24) is 0 Å². The molecule has 0 N–H and O–H groups in total. The first-order chi connectivity index (χ1) is 16.1. The SMILES string of the molecule is CCCCCOc1ccc(-c2ccc(CC[C@H]3CC[C@H](CCCCC)CC3)c(F)c2F)cc1. The smallest absolute Gasteiger partial charge is 0.166 e. The number of ether oxygens (including phenoxy) is 1. The largest absolute Gasteiger partial charge is 0.494 e. The van der Waals surface area contributed by atoms with Crippen LogP contribution in [0.2, 0.25) is 0 Å². The molecule has 3 heteroatoms. The summed E-state index contributed by atoms with van der Waals surface area (Å²) in [7, 11) is 0. The molecule has 1 aliphatic rings. The van der Waals surface area contributed by atoms with Gasteiger partial charge in [0.05, 0.1) is 6.61 Å². The summed E-state index contributed by atoms with van der Waals surface area (Å²) in [4.78, 5) is 0. The number of hydrogen-bond acceptors (Lipinski definition) is 1. The van der Waals surface area contributed by atoms with E-state index < -0.39 is 11.6 Å². The van der Waals surface area contributed by atoms with Crippen LogP contribution in [-0.2, 0) is 6.42 Å². The van der Waals surface area contributed by atoms with Gasteiger partial charge in [-0.15, -0.1) is 0 Å². The molecule has 0 spiro atoms. The zero-order chi connectivity index (χ0) is 23.5. The van der Waals surface area contributed by atoms with Crippen LogP contribution in [0.4, 0.5) is 8.78 Å². The summed E-state index contributed by atoms with van der Waals surface area (Å²) < 4.78 is 35.5. The lowest BCUT2D eigenvalue weighted by Gasteiger charge is -2.28. The third-order valence-electron chi connectivity index (χ3n) is 7.35. The van der Waals surface area contributed by atoms with Crippen LogP contribution in [0.5, 0.6) is 5.75 Å². The number of halogens is 2. The molecule has 0 aromatic heterocycles. The molecule has 182 valence electrons. The van der Waals surface area contributed by atoms with E-state index >= 15 is 0 Å². The summed E-state index contributed by atoms with van der Waals surface area (Å²) in [5.74, 6) is 0.894. The van der Waals surface area contributed by atoms with Gasteiger partial charge >= 0.3 is 0 Å². The molecule has 0 saturated heterocycles. The Labute approximate surface area is 199 Å². The maximum atomic E-state index is 14.9. The number of unbranched alkanes of at least 4 members (excludes halogenated alkanes) is 4. The zero-order valence-electron chi connectivity index (χ0n) is 20.7. The van der Waals surface area contributed by atoms with Gasteiger partial charge < -0.3 is 4.74 Å². The molecule has 0 radical (unpaired) electrons. The lowest BCUT2D eigenvalue weighted by atomic mass is 9.77. The number of rotatable bonds is 13. The molecule has 33 heavy (non-hydrogen) atoms. The van der Waals surface area contributed by atoms with Gasteiger partial charge in [0.15, 0.2) is 11.6 Å². The minimum Gasteiger partial charge on any atom is -0.494 e. The van der Waals surface area contributed by atoms with Gasteiger partial charge in [-0.1, -0.05) is 102 Å². The average Bonchev–Trinajstić information content (AvgIpc) is 2.84. The van der Waals surface area contributed by atoms with Gasteiger partial charge in [-0.3, -0.25) is 0 Å². The second kappa shape index (κ2) is 13.7. The molecule has 0 aliphatic heterocycles. The fourth-order valence-corrected chi connectivity index (χ4v) is 5.13. The van der Waals surface area contributed by atoms with E-state index in [1.54, 1.807) is 12.1 Å². The van der Waals surface area contributed by atoms with Crippen molar-refractivity contribution in [2.75, 3.05) is 6.61 Å². The van der Waals surface area contributed by atoms with Crippen molar-refractivity contribution in [3.8, 4) is 16.9 Å². The minimum atomic E-state index is -0.733. The first-order valence-corrected chi connectivity index (χ1v) is 13.3. The summed E-state index contributed by atoms with van der Waals surface area (Å²) in [6.45, 7) is 5.10. The highest BCUT2D eigenvalue weighted by atomic mass is 19.2. The molecule has 0 unspecified atom stereocenters. The third-order valence-corrected chi connectivity index (χ3v) is 7.35. The molecular weight excluding hydrogens is 414 g/mol. The van der Waals surface area contributed by atoms with Crippen molar-refractivity contribution in [3.05, 3.63) is 53.6 Å². The Morgan fingerprint density at radius 2 is 1.36 bits per heavy atom. The molecule has 0 heterocycles.